The molecule has 28 heavy (non-hydrogen) atoms. The second-order valence-electron chi connectivity index (χ2n) is 6.32. The van der Waals surface area contributed by atoms with Crippen LogP contribution in [-0.4, -0.2) is 69.2 Å². The van der Waals surface area contributed by atoms with Crippen LogP contribution in [-0.2, 0) is 19.1 Å². The summed E-state index contributed by atoms with van der Waals surface area (Å²) in [5, 5.41) is 5.50. The topological polar surface area (TPSA) is 106 Å². The average molecular weight is 393 g/mol. The van der Waals surface area contributed by atoms with E-state index in [0.29, 0.717) is 43.3 Å². The number of benzene rings is 1. The molecule has 1 atom stereocenters. The fourth-order valence-electron chi connectivity index (χ4n) is 2.89. The Balaban J connectivity index is 2.04. The monoisotopic (exact) mass is 393 g/mol. The van der Waals surface area contributed by atoms with Gasteiger partial charge >= 0.3 is 5.97 Å². The van der Waals surface area contributed by atoms with Crippen LogP contribution < -0.4 is 20.1 Å². The van der Waals surface area contributed by atoms with Crippen molar-refractivity contribution >= 4 is 23.5 Å². The number of esters is 1. The molecule has 154 valence electrons. The van der Waals surface area contributed by atoms with Gasteiger partial charge < -0.3 is 24.8 Å². The van der Waals surface area contributed by atoms with Crippen LogP contribution in [0.3, 0.4) is 0 Å². The molecule has 0 spiro atoms. The van der Waals surface area contributed by atoms with Crippen LogP contribution in [0.2, 0.25) is 0 Å². The summed E-state index contributed by atoms with van der Waals surface area (Å²) >= 11 is 0. The summed E-state index contributed by atoms with van der Waals surface area (Å²) in [6.45, 7) is 3.03. The van der Waals surface area contributed by atoms with Crippen molar-refractivity contribution in [2.24, 2.45) is 0 Å². The number of carbonyl (C=O) groups excluding carboxylic acids is 3. The van der Waals surface area contributed by atoms with Crippen LogP contribution in [0.15, 0.2) is 18.2 Å². The summed E-state index contributed by atoms with van der Waals surface area (Å²) in [5.41, 5.74) is 0.465. The molecule has 1 aliphatic rings. The molecule has 1 aromatic carbocycles. The van der Waals surface area contributed by atoms with Gasteiger partial charge in [0, 0.05) is 19.2 Å². The van der Waals surface area contributed by atoms with Crippen LogP contribution in [0.5, 0.6) is 11.5 Å². The Morgan fingerprint density at radius 1 is 1.29 bits per heavy atom. The Labute approximate surface area is 164 Å². The molecule has 0 bridgehead atoms. The zero-order chi connectivity index (χ0) is 20.5. The van der Waals surface area contributed by atoms with Gasteiger partial charge in [-0.25, -0.2) is 0 Å². The highest BCUT2D eigenvalue weighted by molar-refractivity contribution is 5.95. The third-order valence-corrected chi connectivity index (χ3v) is 4.30. The van der Waals surface area contributed by atoms with E-state index in [2.05, 4.69) is 10.6 Å². The highest BCUT2D eigenvalue weighted by atomic mass is 16.5. The summed E-state index contributed by atoms with van der Waals surface area (Å²) in [4.78, 5) is 38.4. The third kappa shape index (κ3) is 5.85. The smallest absolute Gasteiger partial charge is 0.307 e. The van der Waals surface area contributed by atoms with Gasteiger partial charge in [0.2, 0.25) is 11.8 Å². The normalized spacial score (nSPS) is 16.8. The molecule has 1 fully saturated rings. The lowest BCUT2D eigenvalue weighted by molar-refractivity contribution is -0.148. The van der Waals surface area contributed by atoms with Gasteiger partial charge in [-0.15, -0.1) is 0 Å². The predicted octanol–water partition coefficient (Wildman–Crippen LogP) is 0.786. The molecular weight excluding hydrogens is 366 g/mol. The van der Waals surface area contributed by atoms with Crippen LogP contribution in [0.25, 0.3) is 0 Å². The number of methoxy groups -OCH3 is 2. The SMILES string of the molecule is CCCOC(=O)CC1C(=O)NCCN1CC(=O)Nc1cc(OC)ccc1OC. The number of amides is 2. The maximum Gasteiger partial charge on any atom is 0.307 e. The van der Waals surface area contributed by atoms with E-state index >= 15 is 0 Å². The number of carbonyl (C=O) groups is 3. The number of nitrogens with one attached hydrogen (secondary N) is 2. The molecule has 2 N–H and O–H groups in total. The van der Waals surface area contributed by atoms with Crippen molar-refractivity contribution in [2.45, 2.75) is 25.8 Å². The summed E-state index contributed by atoms with van der Waals surface area (Å²) in [6, 6.07) is 4.33. The Bertz CT molecular complexity index is 709. The zero-order valence-corrected chi connectivity index (χ0v) is 16.4. The average Bonchev–Trinajstić information content (AvgIpc) is 2.68. The van der Waals surface area contributed by atoms with Gasteiger partial charge in [-0.1, -0.05) is 6.92 Å². The van der Waals surface area contributed by atoms with E-state index in [0.717, 1.165) is 0 Å². The molecule has 1 unspecified atom stereocenters. The Morgan fingerprint density at radius 2 is 2.07 bits per heavy atom. The number of hydrogen-bond donors (Lipinski definition) is 2. The van der Waals surface area contributed by atoms with Crippen LogP contribution >= 0.6 is 0 Å². The minimum Gasteiger partial charge on any atom is -0.497 e. The maximum atomic E-state index is 12.6. The van der Waals surface area contributed by atoms with Crippen molar-refractivity contribution in [1.82, 2.24) is 10.2 Å². The van der Waals surface area contributed by atoms with Gasteiger partial charge in [0.1, 0.15) is 17.5 Å². The van der Waals surface area contributed by atoms with E-state index in [9.17, 15) is 14.4 Å². The molecule has 1 aliphatic heterocycles. The van der Waals surface area contributed by atoms with Crippen molar-refractivity contribution in [1.29, 1.82) is 0 Å². The molecule has 2 amide bonds. The summed E-state index contributed by atoms with van der Waals surface area (Å²) in [5.74, 6) is -0.00126. The quantitative estimate of drug-likeness (QED) is 0.597. The molecule has 0 aliphatic carbocycles. The second-order valence-corrected chi connectivity index (χ2v) is 6.32. The highest BCUT2D eigenvalue weighted by Gasteiger charge is 2.33. The number of nitrogens with zero attached hydrogens (tertiary/aromatic N) is 1. The first-order valence-electron chi connectivity index (χ1n) is 9.17. The van der Waals surface area contributed by atoms with Gasteiger partial charge in [-0.3, -0.25) is 19.3 Å². The van der Waals surface area contributed by atoms with Gasteiger partial charge in [-0.2, -0.15) is 0 Å². The molecular formula is C19H27N3O6. The molecule has 9 heteroatoms. The second kappa shape index (κ2) is 10.5. The number of piperazine rings is 1. The van der Waals surface area contributed by atoms with Crippen molar-refractivity contribution in [3.63, 3.8) is 0 Å². The van der Waals surface area contributed by atoms with Gasteiger partial charge in [-0.05, 0) is 18.6 Å². The van der Waals surface area contributed by atoms with E-state index in [1.807, 2.05) is 6.92 Å². The molecule has 1 saturated heterocycles. The molecule has 0 radical (unpaired) electrons. The van der Waals surface area contributed by atoms with Gasteiger partial charge in [0.05, 0.1) is 39.5 Å². The standard InChI is InChI=1S/C19H27N3O6/c1-4-9-28-18(24)11-15-19(25)20-7-8-22(15)12-17(23)21-14-10-13(26-2)5-6-16(14)27-3/h5-6,10,15H,4,7-9,11-12H2,1-3H3,(H,20,25)(H,21,23). The van der Waals surface area contributed by atoms with Crippen molar-refractivity contribution in [3.8, 4) is 11.5 Å². The van der Waals surface area contributed by atoms with Gasteiger partial charge in [0.15, 0.2) is 0 Å². The molecule has 0 saturated carbocycles. The van der Waals surface area contributed by atoms with E-state index in [-0.39, 0.29) is 24.8 Å². The number of rotatable bonds is 9. The van der Waals surface area contributed by atoms with E-state index in [4.69, 9.17) is 14.2 Å². The molecule has 2 rings (SSSR count). The first-order chi connectivity index (χ1) is 13.5. The van der Waals surface area contributed by atoms with E-state index < -0.39 is 12.0 Å². The number of anilines is 1. The first kappa shape index (κ1) is 21.5. The van der Waals surface area contributed by atoms with Crippen LogP contribution in [0, 0.1) is 0 Å². The fourth-order valence-corrected chi connectivity index (χ4v) is 2.89. The van der Waals surface area contributed by atoms with E-state index in [1.54, 1.807) is 23.1 Å². The Kier molecular flexibility index (Phi) is 8.06. The predicted molar refractivity (Wildman–Crippen MR) is 102 cm³/mol. The molecule has 9 nitrogen and oxygen atoms in total. The van der Waals surface area contributed by atoms with Gasteiger partial charge in [0.25, 0.3) is 0 Å². The van der Waals surface area contributed by atoms with E-state index in [1.165, 1.54) is 14.2 Å². The van der Waals surface area contributed by atoms with Crippen molar-refractivity contribution < 1.29 is 28.6 Å². The summed E-state index contributed by atoms with van der Waals surface area (Å²) < 4.78 is 15.5. The highest BCUT2D eigenvalue weighted by Crippen LogP contribution is 2.28. The van der Waals surface area contributed by atoms with Crippen LogP contribution in [0.1, 0.15) is 19.8 Å². The minimum atomic E-state index is -0.740. The summed E-state index contributed by atoms with van der Waals surface area (Å²) in [7, 11) is 3.03. The minimum absolute atomic E-state index is 0.0422. The largest absolute Gasteiger partial charge is 0.497 e. The lowest BCUT2D eigenvalue weighted by Gasteiger charge is -2.33. The number of ether oxygens (including phenoxy) is 3. The Hall–Kier alpha value is -2.81. The Morgan fingerprint density at radius 3 is 2.75 bits per heavy atom. The molecule has 1 heterocycles. The lowest BCUT2D eigenvalue weighted by Crippen LogP contribution is -2.57. The first-order valence-corrected chi connectivity index (χ1v) is 9.17. The third-order valence-electron chi connectivity index (χ3n) is 4.30. The molecule has 0 aromatic heterocycles. The van der Waals surface area contributed by atoms with Crippen LogP contribution in [0.4, 0.5) is 5.69 Å². The number of hydrogen-bond acceptors (Lipinski definition) is 7. The van der Waals surface area contributed by atoms with Crippen molar-refractivity contribution in [2.75, 3.05) is 45.8 Å². The zero-order valence-electron chi connectivity index (χ0n) is 16.4. The molecule has 1 aromatic rings. The maximum absolute atomic E-state index is 12.6. The lowest BCUT2D eigenvalue weighted by atomic mass is 10.1. The summed E-state index contributed by atoms with van der Waals surface area (Å²) in [6.07, 6.45) is 0.610. The fraction of sp³-hybridized carbons (Fsp3) is 0.526. The van der Waals surface area contributed by atoms with Crippen molar-refractivity contribution in [3.05, 3.63) is 18.2 Å².